The van der Waals surface area contributed by atoms with E-state index in [4.69, 9.17) is 10.5 Å². The molecule has 0 radical (unpaired) electrons. The Morgan fingerprint density at radius 3 is 2.84 bits per heavy atom. The van der Waals surface area contributed by atoms with Crippen LogP contribution in [0.1, 0.15) is 47.3 Å². The number of carbonyl (C=O) groups excluding carboxylic acids is 1. The fraction of sp³-hybridized carbons (Fsp3) is 0.571. The number of nitrogens with zero attached hydrogens (tertiary/aromatic N) is 2. The number of hydrogen-bond acceptors (Lipinski definition) is 4. The van der Waals surface area contributed by atoms with Gasteiger partial charge in [0.05, 0.1) is 24.9 Å². The van der Waals surface area contributed by atoms with Crippen molar-refractivity contribution in [1.82, 2.24) is 9.88 Å². The number of amides is 1. The standard InChI is InChI=1S/C14H19N3O2/c1-19-13-9(7-15)6-11-12(16-13)8-17(14(11)18)10-4-2-3-5-10/h6,10H,2-5,7-8,15H2,1H3. The van der Waals surface area contributed by atoms with Gasteiger partial charge >= 0.3 is 0 Å². The van der Waals surface area contributed by atoms with E-state index in [0.717, 1.165) is 24.1 Å². The molecule has 0 spiro atoms. The summed E-state index contributed by atoms with van der Waals surface area (Å²) in [5, 5.41) is 0. The van der Waals surface area contributed by atoms with Crippen LogP contribution in [0.5, 0.6) is 5.88 Å². The molecule has 1 saturated carbocycles. The summed E-state index contributed by atoms with van der Waals surface area (Å²) < 4.78 is 5.24. The highest BCUT2D eigenvalue weighted by molar-refractivity contribution is 5.98. The molecular formula is C14H19N3O2. The van der Waals surface area contributed by atoms with Crippen molar-refractivity contribution in [2.24, 2.45) is 5.73 Å². The third-order valence-corrected chi connectivity index (χ3v) is 4.13. The van der Waals surface area contributed by atoms with Crippen molar-refractivity contribution in [3.63, 3.8) is 0 Å². The van der Waals surface area contributed by atoms with Gasteiger partial charge in [-0.1, -0.05) is 12.8 Å². The molecule has 1 fully saturated rings. The third-order valence-electron chi connectivity index (χ3n) is 4.13. The number of aromatic nitrogens is 1. The minimum Gasteiger partial charge on any atom is -0.481 e. The van der Waals surface area contributed by atoms with Gasteiger partial charge in [0, 0.05) is 18.2 Å². The predicted octanol–water partition coefficient (Wildman–Crippen LogP) is 1.45. The minimum atomic E-state index is 0.103. The lowest BCUT2D eigenvalue weighted by molar-refractivity contribution is 0.0706. The van der Waals surface area contributed by atoms with Crippen molar-refractivity contribution in [2.45, 2.75) is 44.8 Å². The summed E-state index contributed by atoms with van der Waals surface area (Å²) in [7, 11) is 1.58. The van der Waals surface area contributed by atoms with E-state index in [9.17, 15) is 4.79 Å². The molecular weight excluding hydrogens is 242 g/mol. The van der Waals surface area contributed by atoms with Gasteiger partial charge in [-0.15, -0.1) is 0 Å². The number of carbonyl (C=O) groups is 1. The molecule has 5 nitrogen and oxygen atoms in total. The lowest BCUT2D eigenvalue weighted by atomic mass is 10.1. The van der Waals surface area contributed by atoms with Gasteiger partial charge in [0.1, 0.15) is 0 Å². The molecule has 1 aromatic heterocycles. The summed E-state index contributed by atoms with van der Waals surface area (Å²) in [6.45, 7) is 0.945. The summed E-state index contributed by atoms with van der Waals surface area (Å²) >= 11 is 0. The average molecular weight is 261 g/mol. The van der Waals surface area contributed by atoms with Crippen molar-refractivity contribution in [1.29, 1.82) is 0 Å². The molecule has 2 aliphatic rings. The fourth-order valence-corrected chi connectivity index (χ4v) is 3.10. The van der Waals surface area contributed by atoms with Crippen LogP contribution < -0.4 is 10.5 Å². The maximum Gasteiger partial charge on any atom is 0.256 e. The van der Waals surface area contributed by atoms with E-state index in [0.29, 0.717) is 30.6 Å². The molecule has 0 unspecified atom stereocenters. The van der Waals surface area contributed by atoms with Crippen LogP contribution in [0, 0.1) is 0 Å². The van der Waals surface area contributed by atoms with Crippen molar-refractivity contribution in [3.8, 4) is 5.88 Å². The number of fused-ring (bicyclic) bond motifs is 1. The molecule has 2 N–H and O–H groups in total. The largest absolute Gasteiger partial charge is 0.481 e. The lowest BCUT2D eigenvalue weighted by Crippen LogP contribution is -2.33. The van der Waals surface area contributed by atoms with Crippen LogP contribution in [0.15, 0.2) is 6.07 Å². The van der Waals surface area contributed by atoms with E-state index in [-0.39, 0.29) is 5.91 Å². The fourth-order valence-electron chi connectivity index (χ4n) is 3.10. The molecule has 1 aliphatic carbocycles. The Bertz CT molecular complexity index is 510. The zero-order valence-electron chi connectivity index (χ0n) is 11.2. The van der Waals surface area contributed by atoms with Crippen LogP contribution in [0.25, 0.3) is 0 Å². The molecule has 1 aliphatic heterocycles. The summed E-state index contributed by atoms with van der Waals surface area (Å²) in [6.07, 6.45) is 4.66. The lowest BCUT2D eigenvalue weighted by Gasteiger charge is -2.22. The maximum absolute atomic E-state index is 12.5. The van der Waals surface area contributed by atoms with E-state index in [2.05, 4.69) is 4.98 Å². The van der Waals surface area contributed by atoms with Crippen LogP contribution in [0.3, 0.4) is 0 Å². The van der Waals surface area contributed by atoms with Crippen LogP contribution in [0.2, 0.25) is 0 Å². The number of nitrogens with two attached hydrogens (primary N) is 1. The van der Waals surface area contributed by atoms with Crippen molar-refractivity contribution in [3.05, 3.63) is 22.9 Å². The van der Waals surface area contributed by atoms with Gasteiger partial charge in [0.2, 0.25) is 5.88 Å². The first-order valence-electron chi connectivity index (χ1n) is 6.82. The second-order valence-corrected chi connectivity index (χ2v) is 5.23. The average Bonchev–Trinajstić information content (AvgIpc) is 3.05. The summed E-state index contributed by atoms with van der Waals surface area (Å²) in [5.74, 6) is 0.647. The smallest absolute Gasteiger partial charge is 0.256 e. The van der Waals surface area contributed by atoms with Crippen LogP contribution in [-0.2, 0) is 13.1 Å². The number of pyridine rings is 1. The van der Waals surface area contributed by atoms with Crippen molar-refractivity contribution >= 4 is 5.91 Å². The molecule has 102 valence electrons. The number of methoxy groups -OCH3 is 1. The van der Waals surface area contributed by atoms with E-state index in [1.165, 1.54) is 12.8 Å². The molecule has 2 heterocycles. The monoisotopic (exact) mass is 261 g/mol. The van der Waals surface area contributed by atoms with Gasteiger partial charge in [-0.05, 0) is 18.9 Å². The molecule has 0 aromatic carbocycles. The van der Waals surface area contributed by atoms with Gasteiger partial charge in [0.15, 0.2) is 0 Å². The Labute approximate surface area is 112 Å². The number of ether oxygens (including phenoxy) is 1. The third kappa shape index (κ3) is 1.98. The molecule has 5 heteroatoms. The second-order valence-electron chi connectivity index (χ2n) is 5.23. The van der Waals surface area contributed by atoms with Gasteiger partial charge in [-0.3, -0.25) is 4.79 Å². The van der Waals surface area contributed by atoms with Crippen LogP contribution in [-0.4, -0.2) is 28.9 Å². The Hall–Kier alpha value is -1.62. The Kier molecular flexibility index (Phi) is 3.14. The maximum atomic E-state index is 12.5. The minimum absolute atomic E-state index is 0.103. The molecule has 19 heavy (non-hydrogen) atoms. The van der Waals surface area contributed by atoms with Gasteiger partial charge in [-0.2, -0.15) is 0 Å². The van der Waals surface area contributed by atoms with Gasteiger partial charge in [0.25, 0.3) is 5.91 Å². The van der Waals surface area contributed by atoms with Crippen molar-refractivity contribution < 1.29 is 9.53 Å². The zero-order chi connectivity index (χ0) is 13.4. The molecule has 0 atom stereocenters. The normalized spacial score (nSPS) is 19.1. The Morgan fingerprint density at radius 2 is 2.21 bits per heavy atom. The first kappa shape index (κ1) is 12.4. The molecule has 1 amide bonds. The van der Waals surface area contributed by atoms with Crippen LogP contribution in [0.4, 0.5) is 0 Å². The topological polar surface area (TPSA) is 68.5 Å². The van der Waals surface area contributed by atoms with Gasteiger partial charge < -0.3 is 15.4 Å². The van der Waals surface area contributed by atoms with E-state index >= 15 is 0 Å². The first-order valence-corrected chi connectivity index (χ1v) is 6.82. The highest BCUT2D eigenvalue weighted by Crippen LogP contribution is 2.32. The predicted molar refractivity (Wildman–Crippen MR) is 70.8 cm³/mol. The molecule has 3 rings (SSSR count). The highest BCUT2D eigenvalue weighted by atomic mass is 16.5. The quantitative estimate of drug-likeness (QED) is 0.894. The second kappa shape index (κ2) is 4.81. The molecule has 0 saturated heterocycles. The van der Waals surface area contributed by atoms with Crippen LogP contribution >= 0.6 is 0 Å². The zero-order valence-corrected chi connectivity index (χ0v) is 11.2. The Morgan fingerprint density at radius 1 is 1.47 bits per heavy atom. The first-order chi connectivity index (χ1) is 9.24. The molecule has 0 bridgehead atoms. The summed E-state index contributed by atoms with van der Waals surface area (Å²) in [4.78, 5) is 18.9. The number of hydrogen-bond donors (Lipinski definition) is 1. The van der Waals surface area contributed by atoms with E-state index < -0.39 is 0 Å². The van der Waals surface area contributed by atoms with E-state index in [1.54, 1.807) is 7.11 Å². The highest BCUT2D eigenvalue weighted by Gasteiger charge is 2.35. The van der Waals surface area contributed by atoms with Crippen molar-refractivity contribution in [2.75, 3.05) is 7.11 Å². The van der Waals surface area contributed by atoms with Gasteiger partial charge in [-0.25, -0.2) is 4.98 Å². The molecule has 1 aromatic rings. The summed E-state index contributed by atoms with van der Waals surface area (Å²) in [5.41, 5.74) is 8.00. The Balaban J connectivity index is 1.93. The van der Waals surface area contributed by atoms with E-state index in [1.807, 2.05) is 11.0 Å². The summed E-state index contributed by atoms with van der Waals surface area (Å²) in [6, 6.07) is 2.23. The SMILES string of the molecule is COc1nc2c(cc1CN)C(=O)N(C1CCCC1)C2. The number of rotatable bonds is 3.